The molecule has 0 spiro atoms. The summed E-state index contributed by atoms with van der Waals surface area (Å²) in [5.74, 6) is -0.304. The molecule has 0 atom stereocenters. The lowest BCUT2D eigenvalue weighted by molar-refractivity contribution is -0.384. The number of benzene rings is 1. The first kappa shape index (κ1) is 13.1. The average molecular weight is 237 g/mol. The molecule has 0 aliphatic carbocycles. The highest BCUT2D eigenvalue weighted by molar-refractivity contribution is 5.73. The van der Waals surface area contributed by atoms with E-state index in [0.29, 0.717) is 25.9 Å². The van der Waals surface area contributed by atoms with Crippen LogP contribution in [0.1, 0.15) is 18.4 Å². The molecule has 3 N–H and O–H groups in total. The fourth-order valence-corrected chi connectivity index (χ4v) is 1.36. The minimum Gasteiger partial charge on any atom is -0.370 e. The van der Waals surface area contributed by atoms with Crippen LogP contribution < -0.4 is 11.1 Å². The lowest BCUT2D eigenvalue weighted by Crippen LogP contribution is -2.18. The molecule has 17 heavy (non-hydrogen) atoms. The predicted molar refractivity (Wildman–Crippen MR) is 63.2 cm³/mol. The van der Waals surface area contributed by atoms with E-state index in [4.69, 9.17) is 5.73 Å². The Hall–Kier alpha value is -1.95. The first-order valence-corrected chi connectivity index (χ1v) is 5.32. The number of primary amides is 1. The molecule has 0 saturated heterocycles. The number of hydrogen-bond acceptors (Lipinski definition) is 4. The van der Waals surface area contributed by atoms with E-state index in [1.54, 1.807) is 12.1 Å². The lowest BCUT2D eigenvalue weighted by Gasteiger charge is -2.03. The van der Waals surface area contributed by atoms with Crippen LogP contribution in [0.3, 0.4) is 0 Å². The first-order chi connectivity index (χ1) is 8.09. The lowest BCUT2D eigenvalue weighted by atomic mass is 10.2. The van der Waals surface area contributed by atoms with Gasteiger partial charge in [0.15, 0.2) is 0 Å². The van der Waals surface area contributed by atoms with Crippen LogP contribution in [0.15, 0.2) is 24.3 Å². The second kappa shape index (κ2) is 6.59. The summed E-state index contributed by atoms with van der Waals surface area (Å²) in [6.45, 7) is 1.32. The fourth-order valence-electron chi connectivity index (χ4n) is 1.36. The Labute approximate surface area is 99.0 Å². The number of hydrogen-bond donors (Lipinski definition) is 2. The van der Waals surface area contributed by atoms with E-state index in [9.17, 15) is 14.9 Å². The first-order valence-electron chi connectivity index (χ1n) is 5.32. The number of nitro groups is 1. The monoisotopic (exact) mass is 237 g/mol. The summed E-state index contributed by atoms with van der Waals surface area (Å²) < 4.78 is 0. The zero-order valence-corrected chi connectivity index (χ0v) is 9.39. The molecule has 0 heterocycles. The minimum absolute atomic E-state index is 0.0856. The Kier molecular flexibility index (Phi) is 5.09. The van der Waals surface area contributed by atoms with E-state index in [-0.39, 0.29) is 11.6 Å². The highest BCUT2D eigenvalue weighted by atomic mass is 16.6. The molecule has 0 aliphatic rings. The van der Waals surface area contributed by atoms with Crippen molar-refractivity contribution in [2.24, 2.45) is 5.73 Å². The molecule has 0 aliphatic heterocycles. The van der Waals surface area contributed by atoms with Gasteiger partial charge in [-0.2, -0.15) is 0 Å². The number of nitro benzene ring substituents is 1. The van der Waals surface area contributed by atoms with Crippen molar-refractivity contribution in [2.45, 2.75) is 19.4 Å². The van der Waals surface area contributed by atoms with E-state index in [1.807, 2.05) is 0 Å². The van der Waals surface area contributed by atoms with Crippen LogP contribution in [0.2, 0.25) is 0 Å². The molecule has 0 saturated carbocycles. The third kappa shape index (κ3) is 5.07. The maximum atomic E-state index is 10.5. The molecule has 0 bridgehead atoms. The van der Waals surface area contributed by atoms with Crippen LogP contribution >= 0.6 is 0 Å². The zero-order valence-electron chi connectivity index (χ0n) is 9.39. The smallest absolute Gasteiger partial charge is 0.269 e. The van der Waals surface area contributed by atoms with Crippen molar-refractivity contribution >= 4 is 11.6 Å². The van der Waals surface area contributed by atoms with Crippen LogP contribution in [0.5, 0.6) is 0 Å². The number of carbonyl (C=O) groups is 1. The summed E-state index contributed by atoms with van der Waals surface area (Å²) in [7, 11) is 0. The van der Waals surface area contributed by atoms with Crippen molar-refractivity contribution in [3.8, 4) is 0 Å². The maximum absolute atomic E-state index is 10.5. The Morgan fingerprint density at radius 3 is 2.53 bits per heavy atom. The van der Waals surface area contributed by atoms with E-state index in [2.05, 4.69) is 5.32 Å². The van der Waals surface area contributed by atoms with Gasteiger partial charge in [-0.05, 0) is 18.5 Å². The molecule has 1 aromatic carbocycles. The van der Waals surface area contributed by atoms with Crippen LogP contribution in [0.25, 0.3) is 0 Å². The Balaban J connectivity index is 2.27. The largest absolute Gasteiger partial charge is 0.370 e. The molecule has 0 radical (unpaired) electrons. The SMILES string of the molecule is NC(=O)CCCNCc1ccc([N+](=O)[O-])cc1. The van der Waals surface area contributed by atoms with Gasteiger partial charge in [0.25, 0.3) is 5.69 Å². The van der Waals surface area contributed by atoms with E-state index < -0.39 is 4.92 Å². The highest BCUT2D eigenvalue weighted by Crippen LogP contribution is 2.11. The van der Waals surface area contributed by atoms with Gasteiger partial charge in [0.2, 0.25) is 5.91 Å². The van der Waals surface area contributed by atoms with Gasteiger partial charge in [0.05, 0.1) is 4.92 Å². The molecular weight excluding hydrogens is 222 g/mol. The summed E-state index contributed by atoms with van der Waals surface area (Å²) in [4.78, 5) is 20.5. The molecule has 0 aromatic heterocycles. The quantitative estimate of drug-likeness (QED) is 0.419. The van der Waals surface area contributed by atoms with Crippen molar-refractivity contribution in [3.05, 3.63) is 39.9 Å². The maximum Gasteiger partial charge on any atom is 0.269 e. The minimum atomic E-state index is -0.427. The molecule has 6 nitrogen and oxygen atoms in total. The number of carbonyl (C=O) groups excluding carboxylic acids is 1. The van der Waals surface area contributed by atoms with E-state index >= 15 is 0 Å². The Morgan fingerprint density at radius 1 is 1.35 bits per heavy atom. The van der Waals surface area contributed by atoms with Gasteiger partial charge in [-0.1, -0.05) is 12.1 Å². The summed E-state index contributed by atoms with van der Waals surface area (Å²) in [5.41, 5.74) is 6.05. The summed E-state index contributed by atoms with van der Waals surface area (Å²) in [5, 5.41) is 13.5. The highest BCUT2D eigenvalue weighted by Gasteiger charge is 2.03. The average Bonchev–Trinajstić information content (AvgIpc) is 2.29. The van der Waals surface area contributed by atoms with Gasteiger partial charge < -0.3 is 11.1 Å². The second-order valence-corrected chi connectivity index (χ2v) is 3.67. The molecule has 92 valence electrons. The number of rotatable bonds is 7. The third-order valence-corrected chi connectivity index (χ3v) is 2.25. The Morgan fingerprint density at radius 2 is 2.00 bits per heavy atom. The van der Waals surface area contributed by atoms with Crippen LogP contribution in [-0.2, 0) is 11.3 Å². The molecule has 1 amide bonds. The summed E-state index contributed by atoms with van der Waals surface area (Å²) in [6.07, 6.45) is 1.07. The summed E-state index contributed by atoms with van der Waals surface area (Å²) in [6, 6.07) is 6.36. The number of non-ortho nitro benzene ring substituents is 1. The number of nitrogens with two attached hydrogens (primary N) is 1. The zero-order chi connectivity index (χ0) is 12.7. The van der Waals surface area contributed by atoms with Gasteiger partial charge in [0.1, 0.15) is 0 Å². The fraction of sp³-hybridized carbons (Fsp3) is 0.364. The normalized spacial score (nSPS) is 10.1. The standard InChI is InChI=1S/C11H15N3O3/c12-11(15)2-1-7-13-8-9-3-5-10(6-4-9)14(16)17/h3-6,13H,1-2,7-8H2,(H2,12,15). The molecule has 1 aromatic rings. The summed E-state index contributed by atoms with van der Waals surface area (Å²) >= 11 is 0. The van der Waals surface area contributed by atoms with Crippen LogP contribution in [-0.4, -0.2) is 17.4 Å². The molecule has 6 heteroatoms. The second-order valence-electron chi connectivity index (χ2n) is 3.67. The molecular formula is C11H15N3O3. The van der Waals surface area contributed by atoms with Crippen molar-refractivity contribution in [1.82, 2.24) is 5.32 Å². The number of nitrogens with one attached hydrogen (secondary N) is 1. The van der Waals surface area contributed by atoms with Crippen molar-refractivity contribution in [1.29, 1.82) is 0 Å². The van der Waals surface area contributed by atoms with E-state index in [0.717, 1.165) is 5.56 Å². The van der Waals surface area contributed by atoms with Crippen LogP contribution in [0.4, 0.5) is 5.69 Å². The topological polar surface area (TPSA) is 98.3 Å². The molecule has 0 fully saturated rings. The van der Waals surface area contributed by atoms with Gasteiger partial charge in [-0.25, -0.2) is 0 Å². The van der Waals surface area contributed by atoms with Gasteiger partial charge in [-0.15, -0.1) is 0 Å². The van der Waals surface area contributed by atoms with Crippen molar-refractivity contribution < 1.29 is 9.72 Å². The van der Waals surface area contributed by atoms with Crippen LogP contribution in [0, 0.1) is 10.1 Å². The number of nitrogens with zero attached hydrogens (tertiary/aromatic N) is 1. The van der Waals surface area contributed by atoms with Crippen molar-refractivity contribution in [3.63, 3.8) is 0 Å². The van der Waals surface area contributed by atoms with Gasteiger partial charge >= 0.3 is 0 Å². The van der Waals surface area contributed by atoms with Gasteiger partial charge in [0, 0.05) is 25.1 Å². The van der Waals surface area contributed by atoms with Gasteiger partial charge in [-0.3, -0.25) is 14.9 Å². The van der Waals surface area contributed by atoms with E-state index in [1.165, 1.54) is 12.1 Å². The predicted octanol–water partition coefficient (Wildman–Crippen LogP) is 0.950. The third-order valence-electron chi connectivity index (χ3n) is 2.25. The number of amides is 1. The Bertz CT molecular complexity index is 389. The molecule has 1 rings (SSSR count). The molecule has 0 unspecified atom stereocenters. The van der Waals surface area contributed by atoms with Crippen molar-refractivity contribution in [2.75, 3.05) is 6.54 Å².